The van der Waals surface area contributed by atoms with Gasteiger partial charge < -0.3 is 9.47 Å². The zero-order valence-corrected chi connectivity index (χ0v) is 34.9. The molecule has 0 radical (unpaired) electrons. The van der Waals surface area contributed by atoms with Gasteiger partial charge in [0.05, 0.1) is 22.4 Å². The normalized spacial score (nSPS) is 14.5. The van der Waals surface area contributed by atoms with Crippen molar-refractivity contribution in [3.8, 4) is 39.6 Å². The van der Waals surface area contributed by atoms with Crippen LogP contribution in [-0.2, 0) is 0 Å². The fourth-order valence-electron chi connectivity index (χ4n) is 10.1. The van der Waals surface area contributed by atoms with Crippen LogP contribution in [0, 0.1) is 0 Å². The summed E-state index contributed by atoms with van der Waals surface area (Å²) in [6.45, 7) is 0. The fourth-order valence-corrected chi connectivity index (χ4v) is 10.1. The minimum atomic E-state index is 0.340. The summed E-state index contributed by atoms with van der Waals surface area (Å²) in [6.07, 6.45) is 5.82. The van der Waals surface area contributed by atoms with Crippen LogP contribution in [0.5, 0.6) is 0 Å². The molecule has 0 amide bonds. The number of benzene rings is 9. The minimum absolute atomic E-state index is 0.340. The van der Waals surface area contributed by atoms with Gasteiger partial charge in [-0.15, -0.1) is 0 Å². The number of fused-ring (bicyclic) bond motifs is 8. The number of nitrogens with zero attached hydrogens (tertiary/aromatic N) is 4. The SMILES string of the molecule is C1=C(c2ccc3c(c2)c2ccccc2n3-c2ccc(-c3cc(-c4ccc5ccccc5c4)nc(-c4ccc5ccccc5c4)n3)cc2)C=C2C(C1)c1ccccc1N2c1ccccc1. The first-order valence-corrected chi connectivity index (χ1v) is 22.1. The molecule has 0 saturated carbocycles. The Morgan fingerprint density at radius 1 is 0.422 bits per heavy atom. The van der Waals surface area contributed by atoms with Crippen LogP contribution >= 0.6 is 0 Å². The van der Waals surface area contributed by atoms with Crippen molar-refractivity contribution in [2.45, 2.75) is 12.3 Å². The maximum absolute atomic E-state index is 5.24. The topological polar surface area (TPSA) is 34.0 Å². The van der Waals surface area contributed by atoms with E-state index in [9.17, 15) is 0 Å². The molecule has 0 N–H and O–H groups in total. The number of allylic oxidation sites excluding steroid dienone is 4. The second-order valence-corrected chi connectivity index (χ2v) is 17.0. The van der Waals surface area contributed by atoms with E-state index in [2.05, 4.69) is 234 Å². The molecule has 11 aromatic rings. The molecule has 2 aromatic heterocycles. The molecule has 4 heteroatoms. The number of aromatic nitrogens is 3. The summed E-state index contributed by atoms with van der Waals surface area (Å²) in [5.74, 6) is 1.05. The first-order valence-electron chi connectivity index (χ1n) is 22.1. The van der Waals surface area contributed by atoms with Gasteiger partial charge in [-0.1, -0.05) is 152 Å². The standard InChI is InChI=1S/C60H40N4/c1-2-16-48(17-3-1)64-56-20-10-8-18-50(56)52-32-28-45(37-59(52)64)44-29-33-58-53(36-44)51-19-9-11-21-57(51)63(58)49-30-26-41(27-31-49)54-38-55(46-24-22-39-12-4-6-14-42(39)34-46)62-60(61-54)47-25-23-40-13-5-7-15-43(40)35-47/h1-31,33-38,52H,32H2. The average molecular weight is 817 g/mol. The number of para-hydroxylation sites is 3. The summed E-state index contributed by atoms with van der Waals surface area (Å²) in [6, 6.07) is 76.4. The van der Waals surface area contributed by atoms with Gasteiger partial charge in [0.25, 0.3) is 0 Å². The third-order valence-electron chi connectivity index (χ3n) is 13.3. The summed E-state index contributed by atoms with van der Waals surface area (Å²) >= 11 is 0. The molecule has 4 nitrogen and oxygen atoms in total. The van der Waals surface area contributed by atoms with Crippen molar-refractivity contribution in [2.75, 3.05) is 4.90 Å². The van der Waals surface area contributed by atoms with Crippen molar-refractivity contribution < 1.29 is 0 Å². The molecule has 0 fully saturated rings. The fraction of sp³-hybridized carbons (Fsp3) is 0.0333. The molecular formula is C60H40N4. The molecule has 9 aromatic carbocycles. The van der Waals surface area contributed by atoms with Crippen LogP contribution in [0.1, 0.15) is 23.5 Å². The summed E-state index contributed by atoms with van der Waals surface area (Å²) in [5.41, 5.74) is 16.0. The number of hydrogen-bond acceptors (Lipinski definition) is 3. The molecule has 0 spiro atoms. The van der Waals surface area contributed by atoms with E-state index in [4.69, 9.17) is 9.97 Å². The zero-order chi connectivity index (χ0) is 42.1. The lowest BCUT2D eigenvalue weighted by atomic mass is 9.87. The van der Waals surface area contributed by atoms with Crippen LogP contribution in [0.15, 0.2) is 230 Å². The Balaban J connectivity index is 0.889. The second kappa shape index (κ2) is 14.6. The second-order valence-electron chi connectivity index (χ2n) is 17.0. The Bertz CT molecular complexity index is 3610. The highest BCUT2D eigenvalue weighted by Gasteiger charge is 2.35. The Hall–Kier alpha value is -8.34. The van der Waals surface area contributed by atoms with Gasteiger partial charge in [-0.05, 0) is 117 Å². The van der Waals surface area contributed by atoms with Gasteiger partial charge in [-0.2, -0.15) is 0 Å². The first-order chi connectivity index (χ1) is 31.7. The molecule has 3 heterocycles. The van der Waals surface area contributed by atoms with Gasteiger partial charge >= 0.3 is 0 Å². The smallest absolute Gasteiger partial charge is 0.160 e. The van der Waals surface area contributed by atoms with E-state index >= 15 is 0 Å². The van der Waals surface area contributed by atoms with Crippen molar-refractivity contribution in [1.29, 1.82) is 0 Å². The molecule has 1 atom stereocenters. The summed E-state index contributed by atoms with van der Waals surface area (Å²) in [5, 5.41) is 7.23. The Morgan fingerprint density at radius 2 is 1.03 bits per heavy atom. The van der Waals surface area contributed by atoms with Gasteiger partial charge in [0.1, 0.15) is 0 Å². The summed E-state index contributed by atoms with van der Waals surface area (Å²) in [7, 11) is 0. The summed E-state index contributed by atoms with van der Waals surface area (Å²) in [4.78, 5) is 12.9. The Morgan fingerprint density at radius 3 is 1.83 bits per heavy atom. The van der Waals surface area contributed by atoms with Gasteiger partial charge in [-0.3, -0.25) is 0 Å². The lowest BCUT2D eigenvalue weighted by molar-refractivity contribution is 0.823. The van der Waals surface area contributed by atoms with Gasteiger partial charge in [0.15, 0.2) is 5.82 Å². The van der Waals surface area contributed by atoms with Crippen LogP contribution in [-0.4, -0.2) is 14.5 Å². The molecule has 64 heavy (non-hydrogen) atoms. The van der Waals surface area contributed by atoms with Crippen molar-refractivity contribution >= 4 is 60.3 Å². The summed E-state index contributed by atoms with van der Waals surface area (Å²) < 4.78 is 2.40. The van der Waals surface area contributed by atoms with Crippen LogP contribution in [0.3, 0.4) is 0 Å². The number of anilines is 2. The highest BCUT2D eigenvalue weighted by Crippen LogP contribution is 2.52. The lowest BCUT2D eigenvalue weighted by Crippen LogP contribution is -2.15. The predicted molar refractivity (Wildman–Crippen MR) is 266 cm³/mol. The predicted octanol–water partition coefficient (Wildman–Crippen LogP) is 15.5. The molecule has 300 valence electrons. The highest BCUT2D eigenvalue weighted by molar-refractivity contribution is 6.10. The van der Waals surface area contributed by atoms with E-state index in [1.54, 1.807) is 0 Å². The van der Waals surface area contributed by atoms with Crippen LogP contribution in [0.2, 0.25) is 0 Å². The molecular weight excluding hydrogens is 777 g/mol. The molecule has 1 aliphatic carbocycles. The van der Waals surface area contributed by atoms with Crippen molar-refractivity contribution in [3.05, 3.63) is 241 Å². The minimum Gasteiger partial charge on any atom is -0.313 e. The molecule has 0 saturated heterocycles. The van der Waals surface area contributed by atoms with E-state index in [0.717, 1.165) is 40.2 Å². The average Bonchev–Trinajstić information content (AvgIpc) is 3.88. The Kier molecular flexibility index (Phi) is 8.31. The third kappa shape index (κ3) is 5.99. The lowest BCUT2D eigenvalue weighted by Gasteiger charge is -2.26. The van der Waals surface area contributed by atoms with Crippen molar-refractivity contribution in [1.82, 2.24) is 14.5 Å². The molecule has 1 aliphatic heterocycles. The largest absolute Gasteiger partial charge is 0.313 e. The highest BCUT2D eigenvalue weighted by atomic mass is 15.2. The molecule has 1 unspecified atom stereocenters. The number of hydrogen-bond donors (Lipinski definition) is 0. The third-order valence-corrected chi connectivity index (χ3v) is 13.3. The van der Waals surface area contributed by atoms with Crippen LogP contribution in [0.4, 0.5) is 11.4 Å². The van der Waals surface area contributed by atoms with E-state index in [0.29, 0.717) is 11.7 Å². The first kappa shape index (κ1) is 36.3. The molecule has 0 bridgehead atoms. The zero-order valence-electron chi connectivity index (χ0n) is 34.9. The van der Waals surface area contributed by atoms with Crippen molar-refractivity contribution in [3.63, 3.8) is 0 Å². The van der Waals surface area contributed by atoms with Gasteiger partial charge in [-0.25, -0.2) is 9.97 Å². The monoisotopic (exact) mass is 816 g/mol. The van der Waals surface area contributed by atoms with Crippen molar-refractivity contribution in [2.24, 2.45) is 0 Å². The van der Waals surface area contributed by atoms with Crippen LogP contribution < -0.4 is 4.90 Å². The maximum atomic E-state index is 5.24. The van der Waals surface area contributed by atoms with Gasteiger partial charge in [0.2, 0.25) is 0 Å². The Labute approximate surface area is 371 Å². The van der Waals surface area contributed by atoms with E-state index in [1.807, 2.05) is 0 Å². The number of rotatable bonds is 6. The molecule has 13 rings (SSSR count). The maximum Gasteiger partial charge on any atom is 0.160 e. The van der Waals surface area contributed by atoms with Crippen LogP contribution in [0.25, 0.3) is 88.5 Å². The van der Waals surface area contributed by atoms with E-state index < -0.39 is 0 Å². The molecule has 2 aliphatic rings. The van der Waals surface area contributed by atoms with E-state index in [-0.39, 0.29) is 0 Å². The van der Waals surface area contributed by atoms with Gasteiger partial charge in [0, 0.05) is 56.1 Å². The van der Waals surface area contributed by atoms with E-state index in [1.165, 1.54) is 77.1 Å². The quantitative estimate of drug-likeness (QED) is 0.168.